The number of amides is 1. The average Bonchev–Trinajstić information content (AvgIpc) is 2.41. The van der Waals surface area contributed by atoms with E-state index in [0.29, 0.717) is 19.4 Å². The van der Waals surface area contributed by atoms with Gasteiger partial charge in [-0.1, -0.05) is 27.7 Å². The van der Waals surface area contributed by atoms with E-state index in [0.717, 1.165) is 12.8 Å². The quantitative estimate of drug-likeness (QED) is 0.723. The van der Waals surface area contributed by atoms with Gasteiger partial charge in [0.1, 0.15) is 5.41 Å². The minimum atomic E-state index is -0.933. The van der Waals surface area contributed by atoms with Crippen LogP contribution in [0.4, 0.5) is 0 Å². The Kier molecular flexibility index (Phi) is 7.61. The minimum absolute atomic E-state index is 0.0584. The largest absolute Gasteiger partial charge is 0.395 e. The molecule has 0 aliphatic heterocycles. The predicted octanol–water partition coefficient (Wildman–Crippen LogP) is 2.33. The van der Waals surface area contributed by atoms with Crippen molar-refractivity contribution in [3.8, 4) is 6.07 Å². The summed E-state index contributed by atoms with van der Waals surface area (Å²) in [5.41, 5.74) is -0.933. The third-order valence-corrected chi connectivity index (χ3v) is 3.82. The van der Waals surface area contributed by atoms with Gasteiger partial charge in [-0.25, -0.2) is 0 Å². The van der Waals surface area contributed by atoms with Gasteiger partial charge in [-0.3, -0.25) is 4.79 Å². The number of carbonyl (C=O) groups excluding carboxylic acids is 1. The lowest BCUT2D eigenvalue weighted by atomic mass is 9.82. The number of nitriles is 1. The van der Waals surface area contributed by atoms with Gasteiger partial charge in [-0.15, -0.1) is 0 Å². The maximum absolute atomic E-state index is 12.6. The van der Waals surface area contributed by atoms with Crippen LogP contribution in [0.3, 0.4) is 0 Å². The van der Waals surface area contributed by atoms with Crippen molar-refractivity contribution >= 4 is 5.91 Å². The lowest BCUT2D eigenvalue weighted by Crippen LogP contribution is -2.49. The summed E-state index contributed by atoms with van der Waals surface area (Å²) >= 11 is 0. The molecule has 1 N–H and O–H groups in total. The fourth-order valence-corrected chi connectivity index (χ4v) is 2.32. The molecule has 0 aliphatic carbocycles. The van der Waals surface area contributed by atoms with Crippen LogP contribution >= 0.6 is 0 Å². The molecule has 0 spiro atoms. The zero-order chi connectivity index (χ0) is 14.2. The van der Waals surface area contributed by atoms with Gasteiger partial charge in [-0.2, -0.15) is 5.26 Å². The van der Waals surface area contributed by atoms with Gasteiger partial charge in [0.05, 0.1) is 12.7 Å². The van der Waals surface area contributed by atoms with Gasteiger partial charge >= 0.3 is 0 Å². The monoisotopic (exact) mass is 254 g/mol. The highest BCUT2D eigenvalue weighted by Gasteiger charge is 2.39. The fourth-order valence-electron chi connectivity index (χ4n) is 2.32. The Morgan fingerprint density at radius 3 is 2.06 bits per heavy atom. The Morgan fingerprint density at radius 1 is 1.28 bits per heavy atom. The number of carbonyl (C=O) groups is 1. The average molecular weight is 254 g/mol. The number of rotatable bonds is 8. The van der Waals surface area contributed by atoms with E-state index in [1.54, 1.807) is 4.90 Å². The van der Waals surface area contributed by atoms with Gasteiger partial charge in [-0.05, 0) is 25.7 Å². The first-order valence-corrected chi connectivity index (χ1v) is 6.89. The van der Waals surface area contributed by atoms with E-state index in [-0.39, 0.29) is 18.6 Å². The van der Waals surface area contributed by atoms with Crippen LogP contribution in [0.15, 0.2) is 0 Å². The van der Waals surface area contributed by atoms with Crippen LogP contribution in [0.1, 0.15) is 53.4 Å². The highest BCUT2D eigenvalue weighted by atomic mass is 16.3. The molecule has 0 bridgehead atoms. The number of hydrogen-bond acceptors (Lipinski definition) is 3. The molecule has 0 aromatic carbocycles. The summed E-state index contributed by atoms with van der Waals surface area (Å²) in [6, 6.07) is 2.29. The summed E-state index contributed by atoms with van der Waals surface area (Å²) in [6.45, 7) is 8.05. The van der Waals surface area contributed by atoms with E-state index in [4.69, 9.17) is 5.11 Å². The van der Waals surface area contributed by atoms with Gasteiger partial charge in [0.25, 0.3) is 0 Å². The summed E-state index contributed by atoms with van der Waals surface area (Å²) in [6.07, 6.45) is 2.72. The van der Waals surface area contributed by atoms with Crippen LogP contribution in [-0.4, -0.2) is 35.1 Å². The highest BCUT2D eigenvalue weighted by molar-refractivity contribution is 5.85. The third kappa shape index (κ3) is 3.46. The minimum Gasteiger partial charge on any atom is -0.395 e. The summed E-state index contributed by atoms with van der Waals surface area (Å²) in [5.74, 6) is -0.127. The Labute approximate surface area is 111 Å². The molecule has 0 aliphatic rings. The lowest BCUT2D eigenvalue weighted by molar-refractivity contribution is -0.142. The Bertz CT molecular complexity index is 289. The zero-order valence-electron chi connectivity index (χ0n) is 12.1. The van der Waals surface area contributed by atoms with Crippen LogP contribution in [0.2, 0.25) is 0 Å². The molecule has 0 radical (unpaired) electrons. The van der Waals surface area contributed by atoms with Crippen molar-refractivity contribution in [2.45, 2.75) is 59.4 Å². The highest BCUT2D eigenvalue weighted by Crippen LogP contribution is 2.29. The molecule has 0 saturated carbocycles. The van der Waals surface area contributed by atoms with Crippen molar-refractivity contribution in [2.24, 2.45) is 5.41 Å². The maximum Gasteiger partial charge on any atom is 0.243 e. The molecule has 4 nitrogen and oxygen atoms in total. The molecule has 0 heterocycles. The van der Waals surface area contributed by atoms with Crippen molar-refractivity contribution in [1.29, 1.82) is 5.26 Å². The molecule has 1 amide bonds. The Morgan fingerprint density at radius 2 is 1.78 bits per heavy atom. The van der Waals surface area contributed by atoms with E-state index in [9.17, 15) is 10.1 Å². The second-order valence-corrected chi connectivity index (χ2v) is 4.59. The molecule has 0 saturated heterocycles. The van der Waals surface area contributed by atoms with Gasteiger partial charge < -0.3 is 10.0 Å². The van der Waals surface area contributed by atoms with E-state index in [1.807, 2.05) is 27.7 Å². The summed E-state index contributed by atoms with van der Waals surface area (Å²) in [7, 11) is 0. The molecule has 18 heavy (non-hydrogen) atoms. The summed E-state index contributed by atoms with van der Waals surface area (Å²) in [5, 5.41) is 18.5. The molecular weight excluding hydrogens is 228 g/mol. The smallest absolute Gasteiger partial charge is 0.243 e. The molecule has 4 heteroatoms. The van der Waals surface area contributed by atoms with Gasteiger partial charge in [0.15, 0.2) is 0 Å². The van der Waals surface area contributed by atoms with E-state index < -0.39 is 5.41 Å². The zero-order valence-corrected chi connectivity index (χ0v) is 12.1. The molecule has 0 aromatic heterocycles. The molecule has 0 rings (SSSR count). The fraction of sp³-hybridized carbons (Fsp3) is 0.857. The van der Waals surface area contributed by atoms with E-state index in [1.165, 1.54) is 0 Å². The van der Waals surface area contributed by atoms with E-state index >= 15 is 0 Å². The lowest BCUT2D eigenvalue weighted by Gasteiger charge is -2.36. The third-order valence-electron chi connectivity index (χ3n) is 3.82. The second-order valence-electron chi connectivity index (χ2n) is 4.59. The molecule has 0 fully saturated rings. The van der Waals surface area contributed by atoms with Crippen molar-refractivity contribution in [1.82, 2.24) is 4.90 Å². The number of aliphatic hydroxyl groups excluding tert-OH is 1. The summed E-state index contributed by atoms with van der Waals surface area (Å²) in [4.78, 5) is 14.3. The van der Waals surface area contributed by atoms with Crippen LogP contribution in [-0.2, 0) is 4.79 Å². The topological polar surface area (TPSA) is 64.3 Å². The van der Waals surface area contributed by atoms with Crippen LogP contribution in [0, 0.1) is 16.7 Å². The number of hydrogen-bond donors (Lipinski definition) is 1. The van der Waals surface area contributed by atoms with Crippen LogP contribution < -0.4 is 0 Å². The first-order valence-electron chi connectivity index (χ1n) is 6.89. The molecule has 104 valence electrons. The molecule has 0 unspecified atom stereocenters. The maximum atomic E-state index is 12.6. The van der Waals surface area contributed by atoms with E-state index in [2.05, 4.69) is 6.07 Å². The standard InChI is InChI=1S/C14H26N2O2/c1-5-12(6-2)16(9-10-17)13(18)14(7-3,8-4)11-15/h12,17H,5-10H2,1-4H3. The summed E-state index contributed by atoms with van der Waals surface area (Å²) < 4.78 is 0. The second kappa shape index (κ2) is 8.10. The normalized spacial score (nSPS) is 11.4. The number of nitrogens with zero attached hydrogens (tertiary/aromatic N) is 2. The molecular formula is C14H26N2O2. The Hall–Kier alpha value is -1.08. The van der Waals surface area contributed by atoms with Crippen molar-refractivity contribution in [3.63, 3.8) is 0 Å². The van der Waals surface area contributed by atoms with Crippen molar-refractivity contribution < 1.29 is 9.90 Å². The predicted molar refractivity (Wildman–Crippen MR) is 71.8 cm³/mol. The first-order chi connectivity index (χ1) is 8.56. The number of aliphatic hydroxyl groups is 1. The van der Waals surface area contributed by atoms with Crippen LogP contribution in [0.5, 0.6) is 0 Å². The molecule has 0 aromatic rings. The van der Waals surface area contributed by atoms with Crippen molar-refractivity contribution in [2.75, 3.05) is 13.2 Å². The first kappa shape index (κ1) is 16.9. The SMILES string of the molecule is CCC(CC)N(CCO)C(=O)C(C#N)(CC)CC. The van der Waals surface area contributed by atoms with Crippen molar-refractivity contribution in [3.05, 3.63) is 0 Å². The Balaban J connectivity index is 5.23. The molecule has 0 atom stereocenters. The van der Waals surface area contributed by atoms with Gasteiger partial charge in [0, 0.05) is 12.6 Å². The van der Waals surface area contributed by atoms with Crippen LogP contribution in [0.25, 0.3) is 0 Å². The van der Waals surface area contributed by atoms with Gasteiger partial charge in [0.2, 0.25) is 5.91 Å².